The minimum atomic E-state index is -0.816. The van der Waals surface area contributed by atoms with E-state index in [9.17, 15) is 9.50 Å². The molecule has 1 atom stereocenters. The fraction of sp³-hybridized carbons (Fsp3) is 0.154. The zero-order valence-corrected chi connectivity index (χ0v) is 9.08. The molecule has 0 aliphatic rings. The van der Waals surface area contributed by atoms with E-state index < -0.39 is 11.9 Å². The van der Waals surface area contributed by atoms with Crippen LogP contribution in [-0.4, -0.2) is 16.7 Å². The predicted molar refractivity (Wildman–Crippen MR) is 61.1 cm³/mol. The smallest absolute Gasteiger partial charge is 0.165 e. The molecule has 0 bridgehead atoms. The summed E-state index contributed by atoms with van der Waals surface area (Å²) in [5, 5.41) is 9.79. The molecule has 0 radical (unpaired) electrons. The molecule has 2 aromatic rings. The second kappa shape index (κ2) is 5.41. The second-order valence-electron chi connectivity index (χ2n) is 3.54. The first-order valence-corrected chi connectivity index (χ1v) is 5.22. The van der Waals surface area contributed by atoms with Crippen LogP contribution < -0.4 is 4.74 Å². The van der Waals surface area contributed by atoms with Gasteiger partial charge in [-0.25, -0.2) is 4.39 Å². The number of aliphatic hydroxyl groups is 1. The maximum atomic E-state index is 13.2. The van der Waals surface area contributed by atoms with Gasteiger partial charge < -0.3 is 9.84 Å². The number of benzene rings is 1. The van der Waals surface area contributed by atoms with Gasteiger partial charge in [-0.3, -0.25) is 4.98 Å². The largest absolute Gasteiger partial charge is 0.487 e. The van der Waals surface area contributed by atoms with Crippen molar-refractivity contribution in [2.45, 2.75) is 6.10 Å². The standard InChI is InChI=1S/C13H12FNO2/c14-11-5-1-2-6-13(11)17-9-12(16)10-4-3-7-15-8-10/h1-8,12,16H,9H2. The Labute approximate surface area is 98.5 Å². The van der Waals surface area contributed by atoms with E-state index in [2.05, 4.69) is 4.98 Å². The average molecular weight is 233 g/mol. The summed E-state index contributed by atoms with van der Waals surface area (Å²) in [6, 6.07) is 9.55. The summed E-state index contributed by atoms with van der Waals surface area (Å²) in [6.45, 7) is -0.00731. The average Bonchev–Trinajstić information content (AvgIpc) is 2.38. The molecule has 17 heavy (non-hydrogen) atoms. The zero-order valence-electron chi connectivity index (χ0n) is 9.08. The van der Waals surface area contributed by atoms with Gasteiger partial charge in [-0.05, 0) is 18.2 Å². The fourth-order valence-electron chi connectivity index (χ4n) is 1.40. The third kappa shape index (κ3) is 3.01. The third-order valence-corrected chi connectivity index (χ3v) is 2.30. The number of nitrogens with zero attached hydrogens (tertiary/aromatic N) is 1. The molecule has 1 N–H and O–H groups in total. The highest BCUT2D eigenvalue weighted by atomic mass is 19.1. The van der Waals surface area contributed by atoms with E-state index in [0.717, 1.165) is 0 Å². The molecule has 0 aliphatic carbocycles. The lowest BCUT2D eigenvalue weighted by Crippen LogP contribution is -2.10. The first-order chi connectivity index (χ1) is 8.27. The second-order valence-corrected chi connectivity index (χ2v) is 3.54. The van der Waals surface area contributed by atoms with Crippen LogP contribution in [0.4, 0.5) is 4.39 Å². The number of ether oxygens (including phenoxy) is 1. The van der Waals surface area contributed by atoms with Crippen LogP contribution in [0.1, 0.15) is 11.7 Å². The molecule has 1 aromatic heterocycles. The van der Waals surface area contributed by atoms with Crippen molar-refractivity contribution in [3.63, 3.8) is 0 Å². The number of rotatable bonds is 4. The Balaban J connectivity index is 1.97. The molecule has 1 aromatic carbocycles. The fourth-order valence-corrected chi connectivity index (χ4v) is 1.40. The van der Waals surface area contributed by atoms with E-state index in [-0.39, 0.29) is 12.4 Å². The van der Waals surface area contributed by atoms with Crippen molar-refractivity contribution in [2.24, 2.45) is 0 Å². The van der Waals surface area contributed by atoms with Gasteiger partial charge in [-0.15, -0.1) is 0 Å². The Morgan fingerprint density at radius 3 is 2.76 bits per heavy atom. The zero-order chi connectivity index (χ0) is 12.1. The lowest BCUT2D eigenvalue weighted by Gasteiger charge is -2.12. The van der Waals surface area contributed by atoms with Crippen molar-refractivity contribution >= 4 is 0 Å². The van der Waals surface area contributed by atoms with Crippen LogP contribution in [0.2, 0.25) is 0 Å². The molecule has 0 fully saturated rings. The van der Waals surface area contributed by atoms with Gasteiger partial charge >= 0.3 is 0 Å². The van der Waals surface area contributed by atoms with Gasteiger partial charge in [0.05, 0.1) is 0 Å². The Hall–Kier alpha value is -1.94. The van der Waals surface area contributed by atoms with Crippen LogP contribution in [0.3, 0.4) is 0 Å². The molecule has 0 saturated carbocycles. The molecular weight excluding hydrogens is 221 g/mol. The molecule has 0 aliphatic heterocycles. The number of para-hydroxylation sites is 1. The van der Waals surface area contributed by atoms with E-state index in [1.807, 2.05) is 0 Å². The summed E-state index contributed by atoms with van der Waals surface area (Å²) < 4.78 is 18.4. The van der Waals surface area contributed by atoms with Crippen molar-refractivity contribution in [2.75, 3.05) is 6.61 Å². The van der Waals surface area contributed by atoms with Crippen LogP contribution in [0.25, 0.3) is 0 Å². The molecule has 3 nitrogen and oxygen atoms in total. The van der Waals surface area contributed by atoms with Crippen molar-refractivity contribution in [1.29, 1.82) is 0 Å². The van der Waals surface area contributed by atoms with Gasteiger partial charge in [0.1, 0.15) is 12.7 Å². The van der Waals surface area contributed by atoms with E-state index in [0.29, 0.717) is 5.56 Å². The number of hydrogen-bond acceptors (Lipinski definition) is 3. The summed E-state index contributed by atoms with van der Waals surface area (Å²) >= 11 is 0. The Kier molecular flexibility index (Phi) is 3.67. The van der Waals surface area contributed by atoms with Gasteiger partial charge in [0, 0.05) is 18.0 Å². The topological polar surface area (TPSA) is 42.4 Å². The summed E-state index contributed by atoms with van der Waals surface area (Å²) in [6.07, 6.45) is 2.35. The summed E-state index contributed by atoms with van der Waals surface area (Å²) in [4.78, 5) is 3.89. The maximum absolute atomic E-state index is 13.2. The van der Waals surface area contributed by atoms with Crippen molar-refractivity contribution in [1.82, 2.24) is 4.98 Å². The van der Waals surface area contributed by atoms with Gasteiger partial charge in [-0.1, -0.05) is 18.2 Å². The lowest BCUT2D eigenvalue weighted by molar-refractivity contribution is 0.105. The molecule has 1 heterocycles. The number of halogens is 1. The van der Waals surface area contributed by atoms with Crippen LogP contribution in [0.5, 0.6) is 5.75 Å². The van der Waals surface area contributed by atoms with Crippen LogP contribution >= 0.6 is 0 Å². The molecule has 88 valence electrons. The number of aliphatic hydroxyl groups excluding tert-OH is 1. The highest BCUT2D eigenvalue weighted by Crippen LogP contribution is 2.18. The molecule has 4 heteroatoms. The van der Waals surface area contributed by atoms with E-state index in [1.54, 1.807) is 36.7 Å². The minimum Gasteiger partial charge on any atom is -0.487 e. The van der Waals surface area contributed by atoms with Crippen LogP contribution in [-0.2, 0) is 0 Å². The van der Waals surface area contributed by atoms with Crippen molar-refractivity contribution < 1.29 is 14.2 Å². The van der Waals surface area contributed by atoms with E-state index >= 15 is 0 Å². The van der Waals surface area contributed by atoms with Gasteiger partial charge in [0.15, 0.2) is 11.6 Å². The highest BCUT2D eigenvalue weighted by molar-refractivity contribution is 5.24. The monoisotopic (exact) mass is 233 g/mol. The number of aromatic nitrogens is 1. The van der Waals surface area contributed by atoms with Crippen molar-refractivity contribution in [3.05, 3.63) is 60.2 Å². The predicted octanol–water partition coefficient (Wildman–Crippen LogP) is 2.33. The SMILES string of the molecule is OC(COc1ccccc1F)c1cccnc1. The Morgan fingerprint density at radius 2 is 2.06 bits per heavy atom. The van der Waals surface area contributed by atoms with Gasteiger partial charge in [-0.2, -0.15) is 0 Å². The van der Waals surface area contributed by atoms with Crippen LogP contribution in [0, 0.1) is 5.82 Å². The minimum absolute atomic E-state index is 0.00731. The highest BCUT2D eigenvalue weighted by Gasteiger charge is 2.09. The van der Waals surface area contributed by atoms with E-state index in [4.69, 9.17) is 4.74 Å². The Morgan fingerprint density at radius 1 is 1.24 bits per heavy atom. The van der Waals surface area contributed by atoms with E-state index in [1.165, 1.54) is 12.1 Å². The number of hydrogen-bond donors (Lipinski definition) is 1. The quantitative estimate of drug-likeness (QED) is 0.881. The lowest BCUT2D eigenvalue weighted by atomic mass is 10.2. The molecule has 0 saturated heterocycles. The summed E-state index contributed by atoms with van der Waals surface area (Å²) in [7, 11) is 0. The maximum Gasteiger partial charge on any atom is 0.165 e. The van der Waals surface area contributed by atoms with Gasteiger partial charge in [0.2, 0.25) is 0 Å². The Bertz CT molecular complexity index is 476. The first kappa shape index (κ1) is 11.5. The van der Waals surface area contributed by atoms with Crippen molar-refractivity contribution in [3.8, 4) is 5.75 Å². The molecular formula is C13H12FNO2. The molecule has 1 unspecified atom stereocenters. The summed E-state index contributed by atoms with van der Waals surface area (Å²) in [5.41, 5.74) is 0.642. The molecule has 0 spiro atoms. The number of pyridine rings is 1. The summed E-state index contributed by atoms with van der Waals surface area (Å²) in [5.74, 6) is -0.304. The third-order valence-electron chi connectivity index (χ3n) is 2.30. The first-order valence-electron chi connectivity index (χ1n) is 5.22. The molecule has 2 rings (SSSR count). The van der Waals surface area contributed by atoms with Crippen LogP contribution in [0.15, 0.2) is 48.8 Å². The molecule has 0 amide bonds. The van der Waals surface area contributed by atoms with Gasteiger partial charge in [0.25, 0.3) is 0 Å². The normalized spacial score (nSPS) is 12.1.